The van der Waals surface area contributed by atoms with Gasteiger partial charge in [-0.1, -0.05) is 35.9 Å². The van der Waals surface area contributed by atoms with Crippen molar-refractivity contribution in [2.75, 3.05) is 24.3 Å². The highest BCUT2D eigenvalue weighted by atomic mass is 35.5. The highest BCUT2D eigenvalue weighted by Gasteiger charge is 2.09. The number of anilines is 2. The predicted molar refractivity (Wildman–Crippen MR) is 106 cm³/mol. The van der Waals surface area contributed by atoms with Gasteiger partial charge < -0.3 is 15.4 Å². The largest absolute Gasteiger partial charge is 0.495 e. The molecule has 0 spiro atoms. The zero-order chi connectivity index (χ0) is 18.4. The van der Waals surface area contributed by atoms with Gasteiger partial charge in [0.15, 0.2) is 5.13 Å². The van der Waals surface area contributed by atoms with Crippen molar-refractivity contribution in [2.24, 2.45) is 0 Å². The molecule has 5 nitrogen and oxygen atoms in total. The number of benzene rings is 2. The number of thiazole rings is 1. The summed E-state index contributed by atoms with van der Waals surface area (Å²) >= 11 is 7.36. The van der Waals surface area contributed by atoms with E-state index in [1.54, 1.807) is 13.3 Å². The van der Waals surface area contributed by atoms with Gasteiger partial charge in [0.1, 0.15) is 5.75 Å². The molecule has 0 aliphatic rings. The summed E-state index contributed by atoms with van der Waals surface area (Å²) in [5.41, 5.74) is 1.92. The molecule has 2 N–H and O–H groups in total. The van der Waals surface area contributed by atoms with Crippen LogP contribution in [-0.4, -0.2) is 24.5 Å². The molecule has 0 radical (unpaired) electrons. The van der Waals surface area contributed by atoms with E-state index in [9.17, 15) is 4.79 Å². The van der Waals surface area contributed by atoms with Crippen molar-refractivity contribution in [3.05, 3.63) is 70.2 Å². The van der Waals surface area contributed by atoms with Gasteiger partial charge in [-0.25, -0.2) is 4.98 Å². The summed E-state index contributed by atoms with van der Waals surface area (Å²) in [6.07, 6.45) is 2.53. The van der Waals surface area contributed by atoms with Gasteiger partial charge >= 0.3 is 0 Å². The highest BCUT2D eigenvalue weighted by molar-refractivity contribution is 7.15. The van der Waals surface area contributed by atoms with Crippen molar-refractivity contribution in [3.63, 3.8) is 0 Å². The van der Waals surface area contributed by atoms with Gasteiger partial charge in [-0.15, -0.1) is 11.3 Å². The maximum atomic E-state index is 12.1. The van der Waals surface area contributed by atoms with E-state index in [1.807, 2.05) is 48.5 Å². The Kier molecular flexibility index (Phi) is 6.09. The van der Waals surface area contributed by atoms with Crippen LogP contribution in [-0.2, 0) is 11.2 Å². The number of methoxy groups -OCH3 is 1. The molecule has 0 fully saturated rings. The standard InChI is InChI=1S/C19H18ClN3O2S/c1-25-17-5-3-2-4-16(17)21-12-18(24)23-19-22-11-15(26-19)10-13-6-8-14(20)9-7-13/h2-9,11,21H,10,12H2,1H3,(H,22,23,24). The van der Waals surface area contributed by atoms with Crippen LogP contribution in [0.3, 0.4) is 0 Å². The molecular formula is C19H18ClN3O2S. The third-order valence-electron chi connectivity index (χ3n) is 3.64. The van der Waals surface area contributed by atoms with Crippen LogP contribution in [0, 0.1) is 0 Å². The lowest BCUT2D eigenvalue weighted by Crippen LogP contribution is -2.21. The molecule has 134 valence electrons. The Bertz CT molecular complexity index is 881. The maximum absolute atomic E-state index is 12.1. The van der Waals surface area contributed by atoms with Gasteiger partial charge in [0, 0.05) is 22.5 Å². The number of para-hydroxylation sites is 2. The van der Waals surface area contributed by atoms with Crippen LogP contribution in [0.4, 0.5) is 10.8 Å². The van der Waals surface area contributed by atoms with Gasteiger partial charge in [0.25, 0.3) is 0 Å². The number of hydrogen-bond donors (Lipinski definition) is 2. The summed E-state index contributed by atoms with van der Waals surface area (Å²) in [4.78, 5) is 17.5. The third-order valence-corrected chi connectivity index (χ3v) is 4.80. The van der Waals surface area contributed by atoms with Crippen LogP contribution < -0.4 is 15.4 Å². The zero-order valence-corrected chi connectivity index (χ0v) is 15.7. The third kappa shape index (κ3) is 4.97. The number of hydrogen-bond acceptors (Lipinski definition) is 5. The molecule has 1 amide bonds. The van der Waals surface area contributed by atoms with E-state index in [0.717, 1.165) is 22.5 Å². The first-order valence-electron chi connectivity index (χ1n) is 8.00. The minimum Gasteiger partial charge on any atom is -0.495 e. The average molecular weight is 388 g/mol. The smallest absolute Gasteiger partial charge is 0.245 e. The molecule has 3 rings (SSSR count). The van der Waals surface area contributed by atoms with E-state index >= 15 is 0 Å². The molecule has 1 aromatic heterocycles. The van der Waals surface area contributed by atoms with Crippen LogP contribution in [0.25, 0.3) is 0 Å². The van der Waals surface area contributed by atoms with Crippen LogP contribution >= 0.6 is 22.9 Å². The first kappa shape index (κ1) is 18.2. The Morgan fingerprint density at radius 1 is 1.19 bits per heavy atom. The fraction of sp³-hybridized carbons (Fsp3) is 0.158. The van der Waals surface area contributed by atoms with Crippen LogP contribution in [0.2, 0.25) is 5.02 Å². The van der Waals surface area contributed by atoms with Gasteiger partial charge in [0.2, 0.25) is 5.91 Å². The average Bonchev–Trinajstić information content (AvgIpc) is 3.09. The first-order chi connectivity index (χ1) is 12.6. The van der Waals surface area contributed by atoms with Gasteiger partial charge in [-0.3, -0.25) is 4.79 Å². The van der Waals surface area contributed by atoms with Crippen molar-refractivity contribution < 1.29 is 9.53 Å². The second-order valence-corrected chi connectivity index (χ2v) is 7.09. The molecule has 7 heteroatoms. The van der Waals surface area contributed by atoms with Crippen molar-refractivity contribution >= 4 is 39.7 Å². The maximum Gasteiger partial charge on any atom is 0.245 e. The van der Waals surface area contributed by atoms with Gasteiger partial charge in [-0.05, 0) is 29.8 Å². The molecule has 3 aromatic rings. The second kappa shape index (κ2) is 8.69. The summed E-state index contributed by atoms with van der Waals surface area (Å²) in [6.45, 7) is 0.131. The fourth-order valence-electron chi connectivity index (χ4n) is 2.38. The number of ether oxygens (including phenoxy) is 1. The summed E-state index contributed by atoms with van der Waals surface area (Å²) in [5, 5.41) is 7.17. The number of carbonyl (C=O) groups is 1. The van der Waals surface area contributed by atoms with Crippen LogP contribution in [0.15, 0.2) is 54.7 Å². The number of amides is 1. The minimum atomic E-state index is -0.164. The summed E-state index contributed by atoms with van der Waals surface area (Å²) in [6, 6.07) is 15.2. The Hall–Kier alpha value is -2.57. The monoisotopic (exact) mass is 387 g/mol. The minimum absolute atomic E-state index is 0.131. The number of halogens is 1. The molecular weight excluding hydrogens is 370 g/mol. The summed E-state index contributed by atoms with van der Waals surface area (Å²) in [7, 11) is 1.60. The van der Waals surface area contributed by atoms with Crippen molar-refractivity contribution in [3.8, 4) is 5.75 Å². The van der Waals surface area contributed by atoms with E-state index < -0.39 is 0 Å². The summed E-state index contributed by atoms with van der Waals surface area (Å²) in [5.74, 6) is 0.531. The topological polar surface area (TPSA) is 63.2 Å². The molecule has 26 heavy (non-hydrogen) atoms. The predicted octanol–water partition coefficient (Wildman–Crippen LogP) is 4.45. The molecule has 0 unspecified atom stereocenters. The van der Waals surface area contributed by atoms with E-state index in [-0.39, 0.29) is 12.5 Å². The van der Waals surface area contributed by atoms with Gasteiger partial charge in [0.05, 0.1) is 19.3 Å². The molecule has 0 saturated heterocycles. The molecule has 0 atom stereocenters. The Morgan fingerprint density at radius 3 is 2.73 bits per heavy atom. The zero-order valence-electron chi connectivity index (χ0n) is 14.2. The van der Waals surface area contributed by atoms with E-state index in [2.05, 4.69) is 15.6 Å². The van der Waals surface area contributed by atoms with E-state index in [1.165, 1.54) is 11.3 Å². The van der Waals surface area contributed by atoms with Crippen molar-refractivity contribution in [1.82, 2.24) is 4.98 Å². The number of carbonyl (C=O) groups excluding carboxylic acids is 1. The van der Waals surface area contributed by atoms with Crippen LogP contribution in [0.5, 0.6) is 5.75 Å². The SMILES string of the molecule is COc1ccccc1NCC(=O)Nc1ncc(Cc2ccc(Cl)cc2)s1. The fourth-order valence-corrected chi connectivity index (χ4v) is 3.37. The number of nitrogens with one attached hydrogen (secondary N) is 2. The molecule has 1 heterocycles. The Balaban J connectivity index is 1.53. The normalized spacial score (nSPS) is 10.4. The van der Waals surface area contributed by atoms with Crippen molar-refractivity contribution in [1.29, 1.82) is 0 Å². The Morgan fingerprint density at radius 2 is 1.96 bits per heavy atom. The second-order valence-electron chi connectivity index (χ2n) is 5.54. The number of nitrogens with zero attached hydrogens (tertiary/aromatic N) is 1. The van der Waals surface area contributed by atoms with Gasteiger partial charge in [-0.2, -0.15) is 0 Å². The van der Waals surface area contributed by atoms with E-state index in [0.29, 0.717) is 15.9 Å². The number of aromatic nitrogens is 1. The van der Waals surface area contributed by atoms with Crippen LogP contribution in [0.1, 0.15) is 10.4 Å². The molecule has 2 aromatic carbocycles. The molecule has 0 aliphatic heterocycles. The molecule has 0 aliphatic carbocycles. The Labute approximate surface area is 161 Å². The summed E-state index contributed by atoms with van der Waals surface area (Å²) < 4.78 is 5.25. The van der Waals surface area contributed by atoms with Crippen molar-refractivity contribution in [2.45, 2.75) is 6.42 Å². The molecule has 0 bridgehead atoms. The molecule has 0 saturated carbocycles. The number of rotatable bonds is 7. The lowest BCUT2D eigenvalue weighted by molar-refractivity contribution is -0.114. The lowest BCUT2D eigenvalue weighted by atomic mass is 10.1. The quantitative estimate of drug-likeness (QED) is 0.628. The lowest BCUT2D eigenvalue weighted by Gasteiger charge is -2.10. The first-order valence-corrected chi connectivity index (χ1v) is 9.19. The van der Waals surface area contributed by atoms with E-state index in [4.69, 9.17) is 16.3 Å². The highest BCUT2D eigenvalue weighted by Crippen LogP contribution is 2.24.